The van der Waals surface area contributed by atoms with E-state index in [4.69, 9.17) is 9.15 Å². The third-order valence-electron chi connectivity index (χ3n) is 2.66. The number of nitrogens with zero attached hydrogens (tertiary/aromatic N) is 2. The first-order valence-electron chi connectivity index (χ1n) is 6.48. The number of rotatable bonds is 7. The number of benzene rings is 1. The number of ether oxygens (including phenoxy) is 1. The van der Waals surface area contributed by atoms with E-state index < -0.39 is 0 Å². The Morgan fingerprint density at radius 1 is 1.26 bits per heavy atom. The Morgan fingerprint density at radius 2 is 2.05 bits per heavy atom. The number of nitrogens with one attached hydrogen (secondary N) is 1. The van der Waals surface area contributed by atoms with E-state index >= 15 is 0 Å². The van der Waals surface area contributed by atoms with Crippen LogP contribution in [0.4, 0.5) is 0 Å². The quantitative estimate of drug-likeness (QED) is 0.828. The molecule has 0 aliphatic heterocycles. The topological polar surface area (TPSA) is 60.2 Å². The highest BCUT2D eigenvalue weighted by molar-refractivity contribution is 5.51. The molecule has 0 radical (unpaired) electrons. The summed E-state index contributed by atoms with van der Waals surface area (Å²) >= 11 is 0. The van der Waals surface area contributed by atoms with Gasteiger partial charge in [-0.1, -0.05) is 18.2 Å². The monoisotopic (exact) mass is 261 g/mol. The lowest BCUT2D eigenvalue weighted by Gasteiger charge is -2.11. The van der Waals surface area contributed by atoms with E-state index in [-0.39, 0.29) is 6.04 Å². The average molecular weight is 261 g/mol. The van der Waals surface area contributed by atoms with Gasteiger partial charge < -0.3 is 14.5 Å². The van der Waals surface area contributed by atoms with Crippen LogP contribution in [-0.4, -0.2) is 29.5 Å². The van der Waals surface area contributed by atoms with Crippen LogP contribution in [0.5, 0.6) is 0 Å². The van der Waals surface area contributed by atoms with Gasteiger partial charge in [-0.25, -0.2) is 0 Å². The number of hydrogen-bond acceptors (Lipinski definition) is 5. The summed E-state index contributed by atoms with van der Waals surface area (Å²) in [6.07, 6.45) is 0. The van der Waals surface area contributed by atoms with Crippen molar-refractivity contribution < 1.29 is 9.15 Å². The minimum absolute atomic E-state index is 0.257. The molecule has 1 aromatic heterocycles. The van der Waals surface area contributed by atoms with Crippen molar-refractivity contribution in [3.63, 3.8) is 0 Å². The molecule has 0 amide bonds. The lowest BCUT2D eigenvalue weighted by atomic mass is 10.2. The van der Waals surface area contributed by atoms with Crippen LogP contribution in [0.1, 0.15) is 19.7 Å². The molecule has 102 valence electrons. The van der Waals surface area contributed by atoms with Gasteiger partial charge >= 0.3 is 0 Å². The zero-order valence-electron chi connectivity index (χ0n) is 11.3. The first kappa shape index (κ1) is 13.7. The lowest BCUT2D eigenvalue weighted by molar-refractivity contribution is 0.126. The molecule has 19 heavy (non-hydrogen) atoms. The van der Waals surface area contributed by atoms with E-state index in [1.54, 1.807) is 0 Å². The Morgan fingerprint density at radius 3 is 2.79 bits per heavy atom. The maximum absolute atomic E-state index is 5.60. The molecule has 0 aliphatic rings. The Kier molecular flexibility index (Phi) is 5.06. The summed E-state index contributed by atoms with van der Waals surface area (Å²) in [5.74, 6) is 1.14. The predicted molar refractivity (Wildman–Crippen MR) is 72.5 cm³/mol. The van der Waals surface area contributed by atoms with Crippen LogP contribution >= 0.6 is 0 Å². The third-order valence-corrected chi connectivity index (χ3v) is 2.66. The van der Waals surface area contributed by atoms with Gasteiger partial charge in [-0.2, -0.15) is 0 Å². The standard InChI is InChI=1S/C14H19N3O2/c1-3-18-10-11(2)15-9-13-16-17-14(19-13)12-7-5-4-6-8-12/h4-8,11,15H,3,9-10H2,1-2H3. The van der Waals surface area contributed by atoms with Crippen molar-refractivity contribution in [1.82, 2.24) is 15.5 Å². The summed E-state index contributed by atoms with van der Waals surface area (Å²) in [6, 6.07) is 10.00. The second-order valence-electron chi connectivity index (χ2n) is 4.31. The Labute approximate surface area is 113 Å². The minimum Gasteiger partial charge on any atom is -0.419 e. The van der Waals surface area contributed by atoms with Crippen molar-refractivity contribution >= 4 is 0 Å². The maximum Gasteiger partial charge on any atom is 0.247 e. The summed E-state index contributed by atoms with van der Waals surface area (Å²) < 4.78 is 10.9. The molecular weight excluding hydrogens is 242 g/mol. The van der Waals surface area contributed by atoms with Crippen molar-refractivity contribution in [1.29, 1.82) is 0 Å². The van der Waals surface area contributed by atoms with Crippen LogP contribution in [0.15, 0.2) is 34.7 Å². The van der Waals surface area contributed by atoms with Gasteiger partial charge in [0.15, 0.2) is 0 Å². The van der Waals surface area contributed by atoms with Crippen LogP contribution in [0, 0.1) is 0 Å². The van der Waals surface area contributed by atoms with Crippen molar-refractivity contribution in [3.8, 4) is 11.5 Å². The van der Waals surface area contributed by atoms with Gasteiger partial charge in [-0.05, 0) is 26.0 Å². The molecule has 0 fully saturated rings. The minimum atomic E-state index is 0.257. The molecular formula is C14H19N3O2. The van der Waals surface area contributed by atoms with Gasteiger partial charge in [0.05, 0.1) is 13.2 Å². The molecule has 0 saturated heterocycles. The highest BCUT2D eigenvalue weighted by Gasteiger charge is 2.09. The molecule has 1 aromatic carbocycles. The van der Waals surface area contributed by atoms with E-state index in [2.05, 4.69) is 22.4 Å². The number of aromatic nitrogens is 2. The fraction of sp³-hybridized carbons (Fsp3) is 0.429. The normalized spacial score (nSPS) is 12.5. The highest BCUT2D eigenvalue weighted by Crippen LogP contribution is 2.16. The lowest BCUT2D eigenvalue weighted by Crippen LogP contribution is -2.30. The zero-order valence-corrected chi connectivity index (χ0v) is 11.3. The summed E-state index contributed by atoms with van der Waals surface area (Å²) in [5.41, 5.74) is 0.934. The molecule has 2 rings (SSSR count). The first-order valence-corrected chi connectivity index (χ1v) is 6.48. The van der Waals surface area contributed by atoms with E-state index in [1.807, 2.05) is 37.3 Å². The van der Waals surface area contributed by atoms with Gasteiger partial charge in [-0.15, -0.1) is 10.2 Å². The number of hydrogen-bond donors (Lipinski definition) is 1. The summed E-state index contributed by atoms with van der Waals surface area (Å²) in [5, 5.41) is 11.3. The molecule has 1 atom stereocenters. The zero-order chi connectivity index (χ0) is 13.5. The van der Waals surface area contributed by atoms with Crippen LogP contribution in [0.2, 0.25) is 0 Å². The van der Waals surface area contributed by atoms with Gasteiger partial charge in [0.25, 0.3) is 0 Å². The Bertz CT molecular complexity index is 484. The molecule has 0 aliphatic carbocycles. The van der Waals surface area contributed by atoms with E-state index in [1.165, 1.54) is 0 Å². The van der Waals surface area contributed by atoms with Crippen LogP contribution < -0.4 is 5.32 Å². The Hall–Kier alpha value is -1.72. The van der Waals surface area contributed by atoms with Crippen molar-refractivity contribution in [2.45, 2.75) is 26.4 Å². The molecule has 0 spiro atoms. The second-order valence-corrected chi connectivity index (χ2v) is 4.31. The molecule has 2 aromatic rings. The van der Waals surface area contributed by atoms with E-state index in [9.17, 15) is 0 Å². The third kappa shape index (κ3) is 4.15. The predicted octanol–water partition coefficient (Wildman–Crippen LogP) is 2.25. The maximum atomic E-state index is 5.60. The van der Waals surface area contributed by atoms with E-state index in [0.29, 0.717) is 24.9 Å². The van der Waals surface area contributed by atoms with Crippen LogP contribution in [0.3, 0.4) is 0 Å². The van der Waals surface area contributed by atoms with Crippen molar-refractivity contribution in [2.24, 2.45) is 0 Å². The van der Waals surface area contributed by atoms with Crippen molar-refractivity contribution in [3.05, 3.63) is 36.2 Å². The molecule has 1 unspecified atom stereocenters. The van der Waals surface area contributed by atoms with Crippen LogP contribution in [-0.2, 0) is 11.3 Å². The fourth-order valence-corrected chi connectivity index (χ4v) is 1.64. The molecule has 1 heterocycles. The second kappa shape index (κ2) is 7.01. The summed E-state index contributed by atoms with van der Waals surface area (Å²) in [7, 11) is 0. The van der Waals surface area contributed by atoms with Crippen molar-refractivity contribution in [2.75, 3.05) is 13.2 Å². The smallest absolute Gasteiger partial charge is 0.247 e. The summed E-state index contributed by atoms with van der Waals surface area (Å²) in [6.45, 7) is 6.00. The molecule has 5 heteroatoms. The largest absolute Gasteiger partial charge is 0.419 e. The molecule has 0 bridgehead atoms. The van der Waals surface area contributed by atoms with Crippen LogP contribution in [0.25, 0.3) is 11.5 Å². The molecule has 5 nitrogen and oxygen atoms in total. The summed E-state index contributed by atoms with van der Waals surface area (Å²) in [4.78, 5) is 0. The molecule has 1 N–H and O–H groups in total. The first-order chi connectivity index (χ1) is 9.29. The fourth-order valence-electron chi connectivity index (χ4n) is 1.64. The molecule has 0 saturated carbocycles. The highest BCUT2D eigenvalue weighted by atomic mass is 16.5. The average Bonchev–Trinajstić information content (AvgIpc) is 2.93. The van der Waals surface area contributed by atoms with Gasteiger partial charge in [0.2, 0.25) is 11.8 Å². The van der Waals surface area contributed by atoms with Gasteiger partial charge in [0, 0.05) is 18.2 Å². The van der Waals surface area contributed by atoms with E-state index in [0.717, 1.165) is 12.2 Å². The van der Waals surface area contributed by atoms with Gasteiger partial charge in [0.1, 0.15) is 0 Å². The van der Waals surface area contributed by atoms with Gasteiger partial charge in [-0.3, -0.25) is 0 Å². The Balaban J connectivity index is 1.88. The SMILES string of the molecule is CCOCC(C)NCc1nnc(-c2ccccc2)o1.